The number of aliphatic hydroxyl groups excluding tert-OH is 1. The highest BCUT2D eigenvalue weighted by Crippen LogP contribution is 2.27. The molecule has 9 heteroatoms. The molecule has 3 atom stereocenters. The van der Waals surface area contributed by atoms with Crippen molar-refractivity contribution in [1.82, 2.24) is 20.1 Å². The van der Waals surface area contributed by atoms with Crippen LogP contribution in [-0.2, 0) is 20.9 Å². The van der Waals surface area contributed by atoms with Crippen molar-refractivity contribution in [2.45, 2.75) is 45.0 Å². The van der Waals surface area contributed by atoms with Crippen molar-refractivity contribution in [1.29, 1.82) is 0 Å². The number of ether oxygens (including phenoxy) is 1. The molecule has 2 saturated heterocycles. The van der Waals surface area contributed by atoms with Crippen LogP contribution in [-0.4, -0.2) is 82.7 Å². The Labute approximate surface area is 192 Å². The first kappa shape index (κ1) is 22.8. The van der Waals surface area contributed by atoms with Crippen LogP contribution in [0.2, 0.25) is 0 Å². The molecule has 2 amide bonds. The molecule has 0 spiro atoms. The van der Waals surface area contributed by atoms with Gasteiger partial charge in [0.25, 0.3) is 0 Å². The van der Waals surface area contributed by atoms with Crippen molar-refractivity contribution in [3.8, 4) is 10.4 Å². The number of rotatable bonds is 6. The summed E-state index contributed by atoms with van der Waals surface area (Å²) in [5.74, 6) is -0.348. The highest BCUT2D eigenvalue weighted by atomic mass is 32.1. The molecule has 32 heavy (non-hydrogen) atoms. The second kappa shape index (κ2) is 10.1. The molecule has 8 nitrogen and oxygen atoms in total. The molecule has 2 fully saturated rings. The van der Waals surface area contributed by atoms with Gasteiger partial charge in [0.05, 0.1) is 41.4 Å². The third kappa shape index (κ3) is 5.01. The van der Waals surface area contributed by atoms with Gasteiger partial charge < -0.3 is 20.1 Å². The lowest BCUT2D eigenvalue weighted by molar-refractivity contribution is -0.143. The lowest BCUT2D eigenvalue weighted by Crippen LogP contribution is -2.54. The van der Waals surface area contributed by atoms with Gasteiger partial charge in [-0.15, -0.1) is 11.3 Å². The molecule has 3 unspecified atom stereocenters. The molecule has 172 valence electrons. The van der Waals surface area contributed by atoms with Crippen molar-refractivity contribution >= 4 is 23.2 Å². The maximum Gasteiger partial charge on any atom is 0.243 e. The summed E-state index contributed by atoms with van der Waals surface area (Å²) >= 11 is 1.61. The number of β-amino-alcohol motifs (C(OH)–C–C–N with tert-alkyl or cyclic N) is 1. The van der Waals surface area contributed by atoms with Crippen LogP contribution in [0.5, 0.6) is 0 Å². The van der Waals surface area contributed by atoms with Gasteiger partial charge in [0.15, 0.2) is 0 Å². The normalized spacial score (nSPS) is 22.7. The summed E-state index contributed by atoms with van der Waals surface area (Å²) in [6.45, 7) is 7.00. The molecule has 1 aromatic heterocycles. The molecule has 2 N–H and O–H groups in total. The number of carbonyl (C=O) groups excluding carboxylic acids is 2. The summed E-state index contributed by atoms with van der Waals surface area (Å²) in [6, 6.07) is 7.04. The molecule has 3 heterocycles. The molecule has 2 aromatic rings. The van der Waals surface area contributed by atoms with E-state index >= 15 is 0 Å². The Morgan fingerprint density at radius 1 is 1.28 bits per heavy atom. The molecule has 2 aliphatic heterocycles. The monoisotopic (exact) mass is 458 g/mol. The van der Waals surface area contributed by atoms with Crippen LogP contribution in [0.25, 0.3) is 10.4 Å². The van der Waals surface area contributed by atoms with Crippen molar-refractivity contribution in [3.63, 3.8) is 0 Å². The maximum absolute atomic E-state index is 13.1. The van der Waals surface area contributed by atoms with Crippen molar-refractivity contribution < 1.29 is 19.4 Å². The quantitative estimate of drug-likeness (QED) is 0.680. The lowest BCUT2D eigenvalue weighted by Gasteiger charge is -2.35. The van der Waals surface area contributed by atoms with E-state index < -0.39 is 12.1 Å². The molecule has 0 aliphatic carbocycles. The standard InChI is InChI=1S/C23H30N4O4S/c1-15-21(32-14-25-15)18-5-3-17(4-6-18)12-24-22(29)20-11-19(28)13-27(20)23(30)16(2)26-7-9-31-10-8-26/h3-6,14,16,19-20,28H,7-13H2,1-2H3,(H,24,29). The molecular formula is C23H30N4O4S. The molecule has 4 rings (SSSR count). The van der Waals surface area contributed by atoms with E-state index in [4.69, 9.17) is 4.74 Å². The zero-order chi connectivity index (χ0) is 22.7. The Bertz CT molecular complexity index is 942. The van der Waals surface area contributed by atoms with Crippen LogP contribution >= 0.6 is 11.3 Å². The van der Waals surface area contributed by atoms with Gasteiger partial charge in [0, 0.05) is 32.6 Å². The largest absolute Gasteiger partial charge is 0.391 e. The summed E-state index contributed by atoms with van der Waals surface area (Å²) < 4.78 is 5.37. The second-order valence-electron chi connectivity index (χ2n) is 8.40. The molecule has 1 aromatic carbocycles. The average Bonchev–Trinajstić information content (AvgIpc) is 3.43. The summed E-state index contributed by atoms with van der Waals surface area (Å²) in [7, 11) is 0. The fraction of sp³-hybridized carbons (Fsp3) is 0.522. The third-order valence-electron chi connectivity index (χ3n) is 6.24. The van der Waals surface area contributed by atoms with E-state index in [0.717, 1.165) is 21.7 Å². The molecule has 2 aliphatic rings. The van der Waals surface area contributed by atoms with Gasteiger partial charge in [0.1, 0.15) is 6.04 Å². The number of benzene rings is 1. The topological polar surface area (TPSA) is 95.0 Å². The Hall–Kier alpha value is -2.33. The minimum absolute atomic E-state index is 0.118. The first-order valence-electron chi connectivity index (χ1n) is 11.0. The summed E-state index contributed by atoms with van der Waals surface area (Å²) in [5, 5.41) is 13.1. The number of amides is 2. The number of carbonyl (C=O) groups is 2. The van der Waals surface area contributed by atoms with E-state index in [0.29, 0.717) is 32.8 Å². The van der Waals surface area contributed by atoms with Gasteiger partial charge in [-0.25, -0.2) is 4.98 Å². The van der Waals surface area contributed by atoms with Gasteiger partial charge in [0.2, 0.25) is 11.8 Å². The summed E-state index contributed by atoms with van der Waals surface area (Å²) in [6.07, 6.45) is -0.426. The predicted octanol–water partition coefficient (Wildman–Crippen LogP) is 1.42. The molecule has 0 bridgehead atoms. The highest BCUT2D eigenvalue weighted by Gasteiger charge is 2.41. The number of aromatic nitrogens is 1. The van der Waals surface area contributed by atoms with Gasteiger partial charge in [-0.1, -0.05) is 24.3 Å². The first-order valence-corrected chi connectivity index (χ1v) is 11.9. The van der Waals surface area contributed by atoms with Crippen LogP contribution in [0, 0.1) is 6.92 Å². The van der Waals surface area contributed by atoms with E-state index in [-0.39, 0.29) is 30.8 Å². The fourth-order valence-corrected chi connectivity index (χ4v) is 5.14. The van der Waals surface area contributed by atoms with Crippen LogP contribution in [0.1, 0.15) is 24.6 Å². The van der Waals surface area contributed by atoms with Crippen LogP contribution in [0.3, 0.4) is 0 Å². The Morgan fingerprint density at radius 3 is 2.66 bits per heavy atom. The van der Waals surface area contributed by atoms with E-state index in [9.17, 15) is 14.7 Å². The first-order chi connectivity index (χ1) is 15.4. The second-order valence-corrected chi connectivity index (χ2v) is 9.26. The minimum Gasteiger partial charge on any atom is -0.391 e. The van der Waals surface area contributed by atoms with Gasteiger partial charge in [-0.3, -0.25) is 14.5 Å². The van der Waals surface area contributed by atoms with Crippen LogP contribution in [0.15, 0.2) is 29.8 Å². The lowest BCUT2D eigenvalue weighted by atomic mass is 10.1. The zero-order valence-corrected chi connectivity index (χ0v) is 19.3. The number of nitrogens with zero attached hydrogens (tertiary/aromatic N) is 3. The summed E-state index contributed by atoms with van der Waals surface area (Å²) in [5.41, 5.74) is 4.92. The van der Waals surface area contributed by atoms with E-state index in [1.807, 2.05) is 43.6 Å². The number of hydrogen-bond donors (Lipinski definition) is 2. The van der Waals surface area contributed by atoms with E-state index in [2.05, 4.69) is 15.2 Å². The maximum atomic E-state index is 13.1. The number of hydrogen-bond acceptors (Lipinski definition) is 7. The van der Waals surface area contributed by atoms with Crippen molar-refractivity contribution in [2.75, 3.05) is 32.8 Å². The molecular weight excluding hydrogens is 428 g/mol. The van der Waals surface area contributed by atoms with Gasteiger partial charge in [-0.05, 0) is 25.0 Å². The predicted molar refractivity (Wildman–Crippen MR) is 122 cm³/mol. The number of thiazole rings is 1. The van der Waals surface area contributed by atoms with Crippen molar-refractivity contribution in [3.05, 3.63) is 41.0 Å². The Kier molecular flexibility index (Phi) is 7.20. The average molecular weight is 459 g/mol. The number of aryl methyl sites for hydroxylation is 1. The van der Waals surface area contributed by atoms with Crippen LogP contribution in [0.4, 0.5) is 0 Å². The highest BCUT2D eigenvalue weighted by molar-refractivity contribution is 7.13. The Balaban J connectivity index is 1.36. The van der Waals surface area contributed by atoms with Gasteiger partial charge in [-0.2, -0.15) is 0 Å². The number of aliphatic hydroxyl groups is 1. The smallest absolute Gasteiger partial charge is 0.243 e. The van der Waals surface area contributed by atoms with Crippen LogP contribution < -0.4 is 5.32 Å². The van der Waals surface area contributed by atoms with E-state index in [1.165, 1.54) is 4.90 Å². The third-order valence-corrected chi connectivity index (χ3v) is 7.22. The molecule has 0 saturated carbocycles. The number of morpholine rings is 1. The van der Waals surface area contributed by atoms with E-state index in [1.54, 1.807) is 11.3 Å². The molecule has 0 radical (unpaired) electrons. The number of likely N-dealkylation sites (tertiary alicyclic amines) is 1. The SMILES string of the molecule is Cc1ncsc1-c1ccc(CNC(=O)C2CC(O)CN2C(=O)C(C)N2CCOCC2)cc1. The minimum atomic E-state index is -0.687. The van der Waals surface area contributed by atoms with Crippen molar-refractivity contribution in [2.24, 2.45) is 0 Å². The Morgan fingerprint density at radius 2 is 2.00 bits per heavy atom. The number of nitrogens with one attached hydrogen (secondary N) is 1. The fourth-order valence-electron chi connectivity index (χ4n) is 4.33. The summed E-state index contributed by atoms with van der Waals surface area (Å²) in [4.78, 5) is 35.1. The van der Waals surface area contributed by atoms with Gasteiger partial charge >= 0.3 is 0 Å². The zero-order valence-electron chi connectivity index (χ0n) is 18.5.